The Hall–Kier alpha value is -3.83. The van der Waals surface area contributed by atoms with Crippen LogP contribution >= 0.6 is 11.3 Å². The summed E-state index contributed by atoms with van der Waals surface area (Å²) in [5.74, 6) is -0.504. The van der Waals surface area contributed by atoms with Gasteiger partial charge in [0.2, 0.25) is 11.8 Å². The van der Waals surface area contributed by atoms with Gasteiger partial charge < -0.3 is 15.7 Å². The van der Waals surface area contributed by atoms with Gasteiger partial charge in [0.15, 0.2) is 5.13 Å². The van der Waals surface area contributed by atoms with E-state index in [4.69, 9.17) is 0 Å². The van der Waals surface area contributed by atoms with Gasteiger partial charge in [0.05, 0.1) is 22.8 Å². The third-order valence-electron chi connectivity index (χ3n) is 5.59. The van der Waals surface area contributed by atoms with Crippen LogP contribution in [0.4, 0.5) is 16.5 Å². The Bertz CT molecular complexity index is 1210. The van der Waals surface area contributed by atoms with Crippen LogP contribution in [0.5, 0.6) is 5.75 Å². The molecule has 10 nitrogen and oxygen atoms in total. The molecular weight excluding hydrogens is 458 g/mol. The van der Waals surface area contributed by atoms with E-state index in [1.807, 2.05) is 4.90 Å². The number of amides is 2. The van der Waals surface area contributed by atoms with E-state index in [0.717, 1.165) is 0 Å². The molecule has 2 amide bonds. The first-order valence-corrected chi connectivity index (χ1v) is 11.6. The predicted octanol–water partition coefficient (Wildman–Crippen LogP) is 3.71. The molecule has 3 aromatic rings. The van der Waals surface area contributed by atoms with Gasteiger partial charge in [0, 0.05) is 29.0 Å². The maximum atomic E-state index is 12.5. The van der Waals surface area contributed by atoms with Gasteiger partial charge in [-0.05, 0) is 38.1 Å². The number of aromatic nitrogens is 1. The maximum Gasteiger partial charge on any atom is 0.270 e. The van der Waals surface area contributed by atoms with Crippen LogP contribution in [0.1, 0.15) is 12.8 Å². The molecule has 4 rings (SSSR count). The van der Waals surface area contributed by atoms with Crippen molar-refractivity contribution in [3.05, 3.63) is 64.0 Å². The number of aromatic hydroxyl groups is 1. The molecule has 176 valence electrons. The fraction of sp³-hybridized carbons (Fsp3) is 0.261. The molecule has 0 unspecified atom stereocenters. The van der Waals surface area contributed by atoms with Crippen molar-refractivity contribution in [2.75, 3.05) is 30.3 Å². The molecular formula is C23H23N5O5S. The lowest BCUT2D eigenvalue weighted by atomic mass is 9.95. The number of nitro benzene ring substituents is 1. The summed E-state index contributed by atoms with van der Waals surface area (Å²) in [6.45, 7) is 1.38. The summed E-state index contributed by atoms with van der Waals surface area (Å²) in [4.78, 5) is 41.8. The quantitative estimate of drug-likeness (QED) is 0.266. The van der Waals surface area contributed by atoms with E-state index < -0.39 is 4.92 Å². The number of benzene rings is 2. The lowest BCUT2D eigenvalue weighted by Crippen LogP contribution is -2.41. The van der Waals surface area contributed by atoms with Gasteiger partial charge in [-0.15, -0.1) is 11.3 Å². The molecule has 0 saturated carbocycles. The molecule has 3 N–H and O–H groups in total. The Morgan fingerprint density at radius 2 is 1.91 bits per heavy atom. The van der Waals surface area contributed by atoms with Crippen LogP contribution in [0.25, 0.3) is 11.3 Å². The zero-order valence-corrected chi connectivity index (χ0v) is 19.0. The number of nitro groups is 1. The largest absolute Gasteiger partial charge is 0.506 e. The van der Waals surface area contributed by atoms with Gasteiger partial charge in [0.1, 0.15) is 5.75 Å². The van der Waals surface area contributed by atoms with E-state index >= 15 is 0 Å². The minimum absolute atomic E-state index is 0.0197. The summed E-state index contributed by atoms with van der Waals surface area (Å²) in [6.07, 6.45) is 1.22. The Balaban J connectivity index is 1.26. The number of phenols is 1. The standard InChI is InChI=1S/C23H23N5O5S/c29-20-7-2-1-6-18(20)24-22(31)15-8-10-27(11-9-15)13-21(30)26-23-25-19(14-34-23)16-4-3-5-17(12-16)28(32)33/h1-7,12,14-15,29H,8-11,13H2,(H,24,31)(H,25,26,30). The number of thiazole rings is 1. The van der Waals surface area contributed by atoms with Gasteiger partial charge in [-0.25, -0.2) is 4.98 Å². The molecule has 11 heteroatoms. The van der Waals surface area contributed by atoms with Crippen molar-refractivity contribution < 1.29 is 19.6 Å². The number of carbonyl (C=O) groups is 2. The summed E-state index contributed by atoms with van der Waals surface area (Å²) in [5.41, 5.74) is 1.53. The van der Waals surface area contributed by atoms with Crippen LogP contribution < -0.4 is 10.6 Å². The molecule has 1 fully saturated rings. The number of likely N-dealkylation sites (tertiary alicyclic amines) is 1. The number of rotatable bonds is 7. The van der Waals surface area contributed by atoms with E-state index in [1.54, 1.807) is 35.7 Å². The first-order valence-electron chi connectivity index (χ1n) is 10.7. The van der Waals surface area contributed by atoms with Crippen molar-refractivity contribution in [3.63, 3.8) is 0 Å². The number of hydrogen-bond donors (Lipinski definition) is 3. The lowest BCUT2D eigenvalue weighted by molar-refractivity contribution is -0.384. The molecule has 0 aliphatic carbocycles. The summed E-state index contributed by atoms with van der Waals surface area (Å²) in [5, 5.41) is 28.5. The fourth-order valence-corrected chi connectivity index (χ4v) is 4.51. The summed E-state index contributed by atoms with van der Waals surface area (Å²) in [7, 11) is 0. The highest BCUT2D eigenvalue weighted by molar-refractivity contribution is 7.14. The molecule has 2 aromatic carbocycles. The van der Waals surface area contributed by atoms with Gasteiger partial charge >= 0.3 is 0 Å². The second kappa shape index (κ2) is 10.4. The van der Waals surface area contributed by atoms with Crippen LogP contribution in [-0.4, -0.2) is 51.4 Å². The average molecular weight is 482 g/mol. The lowest BCUT2D eigenvalue weighted by Gasteiger charge is -2.30. The molecule has 1 saturated heterocycles. The second-order valence-corrected chi connectivity index (χ2v) is 8.81. The summed E-state index contributed by atoms with van der Waals surface area (Å²) < 4.78 is 0. The number of hydrogen-bond acceptors (Lipinski definition) is 8. The van der Waals surface area contributed by atoms with Gasteiger partial charge in [-0.1, -0.05) is 24.3 Å². The van der Waals surface area contributed by atoms with Crippen molar-refractivity contribution in [2.45, 2.75) is 12.8 Å². The highest BCUT2D eigenvalue weighted by atomic mass is 32.1. The number of phenolic OH excluding ortho intramolecular Hbond substituents is 1. The topological polar surface area (TPSA) is 138 Å². The normalized spacial score (nSPS) is 14.5. The molecule has 0 bridgehead atoms. The molecule has 0 atom stereocenters. The fourth-order valence-electron chi connectivity index (χ4n) is 3.77. The summed E-state index contributed by atoms with van der Waals surface area (Å²) >= 11 is 1.25. The van der Waals surface area contributed by atoms with Gasteiger partial charge in [-0.3, -0.25) is 24.6 Å². The van der Waals surface area contributed by atoms with E-state index in [9.17, 15) is 24.8 Å². The van der Waals surface area contributed by atoms with E-state index in [1.165, 1.54) is 29.5 Å². The van der Waals surface area contributed by atoms with Crippen LogP contribution in [0, 0.1) is 16.0 Å². The summed E-state index contributed by atoms with van der Waals surface area (Å²) in [6, 6.07) is 12.8. The Labute approximate surface area is 199 Å². The van der Waals surface area contributed by atoms with Gasteiger partial charge in [0.25, 0.3) is 5.69 Å². The van der Waals surface area contributed by atoms with Crippen LogP contribution in [0.2, 0.25) is 0 Å². The highest BCUT2D eigenvalue weighted by Gasteiger charge is 2.26. The zero-order valence-electron chi connectivity index (χ0n) is 18.1. The minimum Gasteiger partial charge on any atom is -0.506 e. The first-order chi connectivity index (χ1) is 16.4. The SMILES string of the molecule is O=C(CN1CCC(C(=O)Nc2ccccc2O)CC1)Nc1nc(-c2cccc([N+](=O)[O-])c2)cs1. The third kappa shape index (κ3) is 5.74. The molecule has 2 heterocycles. The molecule has 1 aliphatic heterocycles. The average Bonchev–Trinajstić information content (AvgIpc) is 3.29. The maximum absolute atomic E-state index is 12.5. The zero-order chi connectivity index (χ0) is 24.1. The molecule has 0 radical (unpaired) electrons. The first kappa shape index (κ1) is 23.3. The Morgan fingerprint density at radius 1 is 1.15 bits per heavy atom. The molecule has 1 aliphatic rings. The highest BCUT2D eigenvalue weighted by Crippen LogP contribution is 2.28. The second-order valence-electron chi connectivity index (χ2n) is 7.95. The monoisotopic (exact) mass is 481 g/mol. The number of non-ortho nitro benzene ring substituents is 1. The van der Waals surface area contributed by atoms with E-state index in [2.05, 4.69) is 15.6 Å². The third-order valence-corrected chi connectivity index (χ3v) is 6.35. The number of nitrogens with one attached hydrogen (secondary N) is 2. The van der Waals surface area contributed by atoms with Crippen molar-refractivity contribution in [3.8, 4) is 17.0 Å². The predicted molar refractivity (Wildman–Crippen MR) is 129 cm³/mol. The van der Waals surface area contributed by atoms with Crippen molar-refractivity contribution in [1.82, 2.24) is 9.88 Å². The van der Waals surface area contributed by atoms with E-state index in [-0.39, 0.29) is 35.7 Å². The van der Waals surface area contributed by atoms with Crippen molar-refractivity contribution in [2.24, 2.45) is 5.92 Å². The smallest absolute Gasteiger partial charge is 0.270 e. The number of carbonyl (C=O) groups excluding carboxylic acids is 2. The van der Waals surface area contributed by atoms with Crippen molar-refractivity contribution in [1.29, 1.82) is 0 Å². The van der Waals surface area contributed by atoms with Crippen molar-refractivity contribution >= 4 is 39.7 Å². The molecule has 34 heavy (non-hydrogen) atoms. The number of para-hydroxylation sites is 2. The van der Waals surface area contributed by atoms with Crippen LogP contribution in [0.3, 0.4) is 0 Å². The Morgan fingerprint density at radius 3 is 2.65 bits per heavy atom. The number of piperidine rings is 1. The molecule has 1 aromatic heterocycles. The molecule has 0 spiro atoms. The minimum atomic E-state index is -0.461. The van der Waals surface area contributed by atoms with E-state index in [0.29, 0.717) is 48.0 Å². The van der Waals surface area contributed by atoms with Crippen LogP contribution in [0.15, 0.2) is 53.9 Å². The van der Waals surface area contributed by atoms with Crippen LogP contribution in [-0.2, 0) is 9.59 Å². The number of nitrogens with zero attached hydrogens (tertiary/aromatic N) is 3. The Kier molecular flexibility index (Phi) is 7.14. The van der Waals surface area contributed by atoms with Gasteiger partial charge in [-0.2, -0.15) is 0 Å². The number of anilines is 2.